The Labute approximate surface area is 483 Å². The number of aliphatic hydroxyl groups is 1. The Balaban J connectivity index is 0. The fourth-order valence-electron chi connectivity index (χ4n) is 8.86. The van der Waals surface area contributed by atoms with Crippen molar-refractivity contribution in [2.24, 2.45) is 5.73 Å². The quantitative estimate of drug-likeness (QED) is 0.0900. The van der Waals surface area contributed by atoms with E-state index in [4.69, 9.17) is 20.7 Å². The third-order valence-corrected chi connectivity index (χ3v) is 12.0. The molecule has 0 spiro atoms. The van der Waals surface area contributed by atoms with Crippen molar-refractivity contribution < 1.29 is 15.5 Å². The smallest absolute Gasteiger partial charge is 0.00201 e. The Kier molecular flexibility index (Phi) is 34.2. The van der Waals surface area contributed by atoms with Crippen LogP contribution in [0.1, 0.15) is 138 Å². The number of fused-ring (bicyclic) bond motifs is 8. The third-order valence-electron chi connectivity index (χ3n) is 12.0. The van der Waals surface area contributed by atoms with Crippen molar-refractivity contribution in [1.29, 1.82) is 0 Å². The van der Waals surface area contributed by atoms with Crippen LogP contribution < -0.4 is 5.73 Å². The van der Waals surface area contributed by atoms with Crippen molar-refractivity contribution in [3.8, 4) is 0 Å². The minimum Gasteiger partial charge on any atom is -0.0620 e. The maximum atomic E-state index is 8.81. The molecule has 4 aliphatic rings. The second-order valence-corrected chi connectivity index (χ2v) is 16.0. The molecule has 0 unspecified atom stereocenters. The first-order chi connectivity index (χ1) is 37.5. The van der Waals surface area contributed by atoms with Gasteiger partial charge < -0.3 is 10.8 Å². The molecule has 380 valence electrons. The van der Waals surface area contributed by atoms with Crippen LogP contribution in [0.4, 0.5) is 0 Å². The van der Waals surface area contributed by atoms with Crippen molar-refractivity contribution in [1.82, 2.24) is 0 Å². The van der Waals surface area contributed by atoms with Gasteiger partial charge in [-0.1, -0.05) is 238 Å². The molecule has 0 radical (unpaired) electrons. The molecule has 4 aliphatic carbocycles. The van der Waals surface area contributed by atoms with E-state index in [0.717, 1.165) is 65.5 Å². The van der Waals surface area contributed by atoms with Crippen LogP contribution in [0.2, 0.25) is 0 Å². The second-order valence-electron chi connectivity index (χ2n) is 16.0. The van der Waals surface area contributed by atoms with E-state index < -0.39 is 4.92 Å². The van der Waals surface area contributed by atoms with Crippen LogP contribution in [0.15, 0.2) is 194 Å². The van der Waals surface area contributed by atoms with Gasteiger partial charge in [0.2, 0.25) is 0 Å². The van der Waals surface area contributed by atoms with Gasteiger partial charge in [-0.2, -0.15) is 13.5 Å². The van der Waals surface area contributed by atoms with Crippen LogP contribution in [-0.2, 0) is 51.4 Å². The average molecular weight is 1020 g/mol. The van der Waals surface area contributed by atoms with Crippen LogP contribution >= 0.6 is 13.5 Å². The number of aliphatic hydroxyl groups excluding tert-OH is 1. The van der Waals surface area contributed by atoms with E-state index in [-0.39, 0.29) is 13.5 Å². The Bertz CT molecular complexity index is 2060. The van der Waals surface area contributed by atoms with E-state index >= 15 is 0 Å². The molecular weight excluding hydrogens is 935 g/mol. The summed E-state index contributed by atoms with van der Waals surface area (Å²) in [4.78, 5) is 8.31. The van der Waals surface area contributed by atoms with Crippen molar-refractivity contribution in [2.75, 3.05) is 21.2 Å². The number of nitrogens with two attached hydrogens (primary N) is 1. The fraction of sp³-hybridized carbons (Fsp3) is 0.262. The summed E-state index contributed by atoms with van der Waals surface area (Å²) in [5, 5.41) is 15.8. The first-order valence-electron chi connectivity index (χ1n) is 28.1. The summed E-state index contributed by atoms with van der Waals surface area (Å²) >= 11 is 2.89. The Morgan fingerprint density at radius 3 is 0.466 bits per heavy atom. The van der Waals surface area contributed by atoms with Gasteiger partial charge in [0.1, 0.15) is 0 Å². The first-order valence-corrected chi connectivity index (χ1v) is 32.1. The Morgan fingerprint density at radius 2 is 0.411 bits per heavy atom. The van der Waals surface area contributed by atoms with Crippen LogP contribution in [0.3, 0.4) is 0 Å². The standard InChI is InChI=1S/4C14H12.C2H6.CH3NO2.CH5N.CH4O.4CH4.2Na.H2S/c4*1-2-6-12-10-14-8-4-3-7-13(14)9-11(12)5-1;1-2;1-2(3)4;2*1-2;;;;;;;/h4*1-8H,9-10H2;1-2H3;1H3;2H2,1H3;2H,1H3;4*1H4;;;1H2/i;;;;;;;;4*1D;;;. The average Bonchev–Trinajstić information content (AvgIpc) is 3.51. The molecule has 0 bridgehead atoms. The summed E-state index contributed by atoms with van der Waals surface area (Å²) < 4.78 is 23.0. The summed E-state index contributed by atoms with van der Waals surface area (Å²) in [7, 11) is 8.39. The molecule has 8 aromatic rings. The molecule has 8 heteroatoms. The molecule has 0 fully saturated rings. The maximum absolute atomic E-state index is 8.81. The van der Waals surface area contributed by atoms with Gasteiger partial charge >= 0.3 is 43.6 Å². The number of hydrogen-bond donors (Lipinski definition) is 2. The monoisotopic (exact) mass is 1020 g/mol. The molecule has 0 heterocycles. The van der Waals surface area contributed by atoms with Gasteiger partial charge in [-0.15, -0.1) is 0 Å². The zero-order valence-electron chi connectivity index (χ0n) is 49.9. The van der Waals surface area contributed by atoms with E-state index in [1.165, 1.54) is 169 Å². The number of rotatable bonds is 0. The topological polar surface area (TPSA) is 89.4 Å². The van der Waals surface area contributed by atoms with Gasteiger partial charge in [0.25, 0.3) is 0 Å². The van der Waals surface area contributed by atoms with E-state index in [0.29, 0.717) is 0 Å². The van der Waals surface area contributed by atoms with Crippen LogP contribution in [-0.4, -0.2) is 74.9 Å². The van der Waals surface area contributed by atoms with Gasteiger partial charge in [-0.3, -0.25) is 10.1 Å². The number of nitro groups is 1. The van der Waals surface area contributed by atoms with Crippen molar-refractivity contribution in [3.05, 3.63) is 293 Å². The molecule has 5 nitrogen and oxygen atoms in total. The molecule has 73 heavy (non-hydrogen) atoms. The molecule has 3 N–H and O–H groups in total. The largest absolute Gasteiger partial charge is 0.0620 e. The number of hydrogen-bond acceptors (Lipinski definition) is 4. The van der Waals surface area contributed by atoms with Crippen LogP contribution in [0, 0.1) is 10.1 Å². The van der Waals surface area contributed by atoms with Crippen molar-refractivity contribution >= 4 is 57.1 Å². The Morgan fingerprint density at radius 1 is 0.356 bits per heavy atom. The molecule has 12 rings (SSSR count). The van der Waals surface area contributed by atoms with E-state index in [1.807, 2.05) is 13.8 Å². The summed E-state index contributed by atoms with van der Waals surface area (Å²) in [5.41, 5.74) is 28.4. The number of benzene rings is 8. The summed E-state index contributed by atoms with van der Waals surface area (Å²) in [6, 6.07) is 70.0. The molecular formula is C65H84N2Na2O3S. The molecule has 0 atom stereocenters. The summed E-state index contributed by atoms with van der Waals surface area (Å²) in [6.45, 7) is 4.00. The van der Waals surface area contributed by atoms with Gasteiger partial charge in [-0.25, -0.2) is 0 Å². The number of nitrogens with zero attached hydrogens (tertiary/aromatic N) is 1. The zero-order chi connectivity index (χ0) is 57.1. The second kappa shape index (κ2) is 39.8. The minimum absolute atomic E-state index is 0. The summed E-state index contributed by atoms with van der Waals surface area (Å²) in [5.74, 6) is 0. The molecule has 0 aromatic heterocycles. The van der Waals surface area contributed by atoms with E-state index in [2.05, 4.69) is 200 Å². The summed E-state index contributed by atoms with van der Waals surface area (Å²) in [6.07, 6.45) is 8.83. The molecule has 0 aliphatic heterocycles. The van der Waals surface area contributed by atoms with Crippen molar-refractivity contribution in [3.63, 3.8) is 0 Å². The predicted molar refractivity (Wildman–Crippen MR) is 325 cm³/mol. The third kappa shape index (κ3) is 21.7. The normalized spacial score (nSPS) is 11.2. The predicted octanol–water partition coefficient (Wildman–Crippen LogP) is 14.7. The minimum atomic E-state index is -0.500. The van der Waals surface area contributed by atoms with Gasteiger partial charge in [0.05, 0.1) is 0 Å². The van der Waals surface area contributed by atoms with E-state index in [1.54, 1.807) is 0 Å². The maximum Gasteiger partial charge on any atom is -0.00201 e. The molecule has 0 saturated heterocycles. The SMILES string of the molecule is CC.CN.CO.C[N+](=O)[O-].S.[2H]C.[2H]C.[2H]C.[2H]C.[Na][Na].c1ccc2c(c1)Cc1ccccc1C2.c1ccc2c(c1)Cc1ccccc1C2.c1ccc2c(c1)Cc1ccccc1C2.c1ccc2c(c1)Cc1ccccc1C2. The van der Waals surface area contributed by atoms with E-state index in [9.17, 15) is 0 Å². The molecule has 8 aromatic carbocycles. The first kappa shape index (κ1) is 62.7. The van der Waals surface area contributed by atoms with Crippen LogP contribution in [0.25, 0.3) is 0 Å². The zero-order valence-corrected chi connectivity index (χ0v) is 50.9. The fourth-order valence-corrected chi connectivity index (χ4v) is 8.86. The van der Waals surface area contributed by atoms with Gasteiger partial charge in [-0.05, 0) is 147 Å². The Hall–Kier alpha value is -4.57. The van der Waals surface area contributed by atoms with Gasteiger partial charge in [0, 0.05) is 17.5 Å². The van der Waals surface area contributed by atoms with Crippen molar-refractivity contribution in [2.45, 2.75) is 94.8 Å². The molecule has 0 amide bonds. The molecule has 0 saturated carbocycles. The van der Waals surface area contributed by atoms with Crippen LogP contribution in [0.5, 0.6) is 0 Å². The van der Waals surface area contributed by atoms with Gasteiger partial charge in [0.15, 0.2) is 7.05 Å².